The summed E-state index contributed by atoms with van der Waals surface area (Å²) in [6.07, 6.45) is -1.94. The molecule has 0 bridgehead atoms. The molecule has 0 spiro atoms. The molecule has 126 valence electrons. The van der Waals surface area contributed by atoms with E-state index >= 15 is 0 Å². The number of likely N-dealkylation sites (tertiary alicyclic amines) is 2. The smallest absolute Gasteiger partial charge is 0.270 e. The number of alkyl halides is 2. The van der Waals surface area contributed by atoms with E-state index in [9.17, 15) is 18.4 Å². The third-order valence-electron chi connectivity index (χ3n) is 4.64. The van der Waals surface area contributed by atoms with Crippen LogP contribution in [0.4, 0.5) is 8.78 Å². The molecule has 1 aromatic heterocycles. The van der Waals surface area contributed by atoms with Gasteiger partial charge in [0.15, 0.2) is 0 Å². The summed E-state index contributed by atoms with van der Waals surface area (Å²) in [6.45, 7) is 0.371. The van der Waals surface area contributed by atoms with E-state index in [-0.39, 0.29) is 44.5 Å². The molecule has 2 aliphatic heterocycles. The number of aromatic nitrogens is 1. The molecule has 0 saturated carbocycles. The molecule has 2 aliphatic rings. The molecule has 0 aliphatic carbocycles. The van der Waals surface area contributed by atoms with Gasteiger partial charge in [-0.2, -0.15) is 0 Å². The number of hydrogen-bond acceptors (Lipinski definition) is 2. The van der Waals surface area contributed by atoms with Crippen molar-refractivity contribution in [3.8, 4) is 0 Å². The first-order valence-corrected chi connectivity index (χ1v) is 7.96. The molecule has 2 aromatic rings. The highest BCUT2D eigenvalue weighted by molar-refractivity contribution is 6.00. The number of amides is 2. The zero-order chi connectivity index (χ0) is 16.8. The molecule has 4 rings (SSSR count). The first-order valence-electron chi connectivity index (χ1n) is 7.96. The zero-order valence-corrected chi connectivity index (χ0v) is 13.0. The first kappa shape index (κ1) is 15.1. The third-order valence-corrected chi connectivity index (χ3v) is 4.64. The lowest BCUT2D eigenvalue weighted by Crippen LogP contribution is -2.53. The largest absolute Gasteiger partial charge is 0.335 e. The van der Waals surface area contributed by atoms with Crippen LogP contribution in [0.5, 0.6) is 0 Å². The molecule has 2 fully saturated rings. The zero-order valence-electron chi connectivity index (χ0n) is 13.0. The highest BCUT2D eigenvalue weighted by Crippen LogP contribution is 2.24. The molecule has 2 saturated heterocycles. The topological polar surface area (TPSA) is 45.6 Å². The maximum atomic E-state index is 13.1. The number of hydrogen-bond donors (Lipinski definition) is 0. The Hall–Kier alpha value is -2.44. The number of carbonyl (C=O) groups excluding carboxylic acids is 2. The van der Waals surface area contributed by atoms with Gasteiger partial charge in [-0.05, 0) is 12.1 Å². The lowest BCUT2D eigenvalue weighted by atomic mass is 10.1. The van der Waals surface area contributed by atoms with Crippen molar-refractivity contribution in [2.75, 3.05) is 26.2 Å². The molecule has 24 heavy (non-hydrogen) atoms. The van der Waals surface area contributed by atoms with E-state index in [1.165, 1.54) is 9.80 Å². The minimum Gasteiger partial charge on any atom is -0.335 e. The highest BCUT2D eigenvalue weighted by atomic mass is 19.1. The van der Waals surface area contributed by atoms with Crippen LogP contribution >= 0.6 is 0 Å². The Balaban J connectivity index is 1.65. The average Bonchev–Trinajstić information content (AvgIpc) is 2.87. The van der Waals surface area contributed by atoms with Crippen LogP contribution in [0.25, 0.3) is 10.9 Å². The van der Waals surface area contributed by atoms with Gasteiger partial charge in [0.2, 0.25) is 5.91 Å². The van der Waals surface area contributed by atoms with Gasteiger partial charge < -0.3 is 14.4 Å². The average molecular weight is 333 g/mol. The summed E-state index contributed by atoms with van der Waals surface area (Å²) >= 11 is 0. The minimum absolute atomic E-state index is 0.0196. The maximum Gasteiger partial charge on any atom is 0.270 e. The van der Waals surface area contributed by atoms with E-state index in [1.807, 2.05) is 24.3 Å². The van der Waals surface area contributed by atoms with Gasteiger partial charge in [0, 0.05) is 10.9 Å². The number of rotatable bonds is 3. The lowest BCUT2D eigenvalue weighted by Gasteiger charge is -2.35. The van der Waals surface area contributed by atoms with E-state index in [0.717, 1.165) is 10.9 Å². The monoisotopic (exact) mass is 333 g/mol. The Kier molecular flexibility index (Phi) is 3.51. The van der Waals surface area contributed by atoms with Crippen molar-refractivity contribution in [2.24, 2.45) is 0 Å². The van der Waals surface area contributed by atoms with E-state index < -0.39 is 12.3 Å². The van der Waals surface area contributed by atoms with Crippen molar-refractivity contribution in [2.45, 2.75) is 18.9 Å². The molecular formula is C17H17F2N3O2. The summed E-state index contributed by atoms with van der Waals surface area (Å²) in [5.74, 6) is -0.494. The van der Waals surface area contributed by atoms with E-state index in [4.69, 9.17) is 0 Å². The van der Waals surface area contributed by atoms with Crippen LogP contribution in [-0.2, 0) is 11.3 Å². The highest BCUT2D eigenvalue weighted by Gasteiger charge is 2.34. The van der Waals surface area contributed by atoms with Crippen molar-refractivity contribution < 1.29 is 18.4 Å². The van der Waals surface area contributed by atoms with Crippen molar-refractivity contribution >= 4 is 22.7 Å². The van der Waals surface area contributed by atoms with Crippen LogP contribution < -0.4 is 0 Å². The van der Waals surface area contributed by atoms with Crippen molar-refractivity contribution in [1.29, 1.82) is 0 Å². The summed E-state index contributed by atoms with van der Waals surface area (Å²) in [4.78, 5) is 27.8. The van der Waals surface area contributed by atoms with E-state index in [0.29, 0.717) is 5.69 Å². The Morgan fingerprint density at radius 2 is 1.62 bits per heavy atom. The van der Waals surface area contributed by atoms with Gasteiger partial charge in [-0.3, -0.25) is 9.59 Å². The van der Waals surface area contributed by atoms with Gasteiger partial charge in [-0.1, -0.05) is 18.2 Å². The molecule has 0 radical (unpaired) electrons. The number of carbonyl (C=O) groups is 2. The molecule has 7 heteroatoms. The Morgan fingerprint density at radius 1 is 1.00 bits per heavy atom. The van der Waals surface area contributed by atoms with Gasteiger partial charge in [-0.15, -0.1) is 0 Å². The van der Waals surface area contributed by atoms with Crippen molar-refractivity contribution in [3.05, 3.63) is 36.0 Å². The normalized spacial score (nSPS) is 18.6. The number of fused-ring (bicyclic) bond motifs is 1. The van der Waals surface area contributed by atoms with Gasteiger partial charge in [0.25, 0.3) is 5.91 Å². The molecule has 3 heterocycles. The molecule has 0 unspecified atom stereocenters. The predicted octanol–water partition coefficient (Wildman–Crippen LogP) is 1.62. The fourth-order valence-corrected chi connectivity index (χ4v) is 3.17. The summed E-state index contributed by atoms with van der Waals surface area (Å²) in [7, 11) is 0. The molecule has 2 amide bonds. The van der Waals surface area contributed by atoms with Gasteiger partial charge in [0.1, 0.15) is 24.6 Å². The summed E-state index contributed by atoms with van der Waals surface area (Å²) < 4.78 is 27.7. The van der Waals surface area contributed by atoms with Crippen LogP contribution in [0.2, 0.25) is 0 Å². The first-order chi connectivity index (χ1) is 11.5. The summed E-state index contributed by atoms with van der Waals surface area (Å²) in [6, 6.07) is 9.11. The Labute approximate surface area is 137 Å². The summed E-state index contributed by atoms with van der Waals surface area (Å²) in [5.41, 5.74) is 1.14. The summed E-state index contributed by atoms with van der Waals surface area (Å²) in [5, 5.41) is 0.845. The second-order valence-electron chi connectivity index (χ2n) is 6.38. The van der Waals surface area contributed by atoms with Crippen LogP contribution in [0.3, 0.4) is 0 Å². The SMILES string of the molecule is O=C(Cn1c(C(=O)N2CC(F)C2)cc2ccccc21)N1CC(F)C1. The predicted molar refractivity (Wildman–Crippen MR) is 84.2 cm³/mol. The Bertz CT molecular complexity index is 807. The van der Waals surface area contributed by atoms with Crippen LogP contribution in [0.1, 0.15) is 10.5 Å². The second-order valence-corrected chi connectivity index (χ2v) is 6.38. The number of para-hydroxylation sites is 1. The van der Waals surface area contributed by atoms with Crippen LogP contribution in [0, 0.1) is 0 Å². The van der Waals surface area contributed by atoms with Crippen molar-refractivity contribution in [1.82, 2.24) is 14.4 Å². The van der Waals surface area contributed by atoms with E-state index in [1.54, 1.807) is 10.6 Å². The second kappa shape index (κ2) is 5.58. The molecule has 0 atom stereocenters. The minimum atomic E-state index is -0.976. The molecule has 0 N–H and O–H groups in total. The van der Waals surface area contributed by atoms with Gasteiger partial charge in [-0.25, -0.2) is 8.78 Å². The quantitative estimate of drug-likeness (QED) is 0.857. The molecule has 5 nitrogen and oxygen atoms in total. The fourth-order valence-electron chi connectivity index (χ4n) is 3.17. The fraction of sp³-hybridized carbons (Fsp3) is 0.412. The van der Waals surface area contributed by atoms with Crippen LogP contribution in [-0.4, -0.2) is 64.7 Å². The standard InChI is InChI=1S/C17H17F2N3O2/c18-12-6-20(7-12)16(23)10-22-14-4-2-1-3-11(14)5-15(22)17(24)21-8-13(19)9-21/h1-5,12-13H,6-10H2. The third kappa shape index (κ3) is 2.44. The molecular weight excluding hydrogens is 316 g/mol. The number of benzene rings is 1. The number of nitrogens with zero attached hydrogens (tertiary/aromatic N) is 3. The van der Waals surface area contributed by atoms with E-state index in [2.05, 4.69) is 0 Å². The van der Waals surface area contributed by atoms with Gasteiger partial charge in [0.05, 0.1) is 26.2 Å². The number of halogens is 2. The van der Waals surface area contributed by atoms with Gasteiger partial charge >= 0.3 is 0 Å². The Morgan fingerprint density at radius 3 is 2.29 bits per heavy atom. The molecule has 1 aromatic carbocycles. The van der Waals surface area contributed by atoms with Crippen LogP contribution in [0.15, 0.2) is 30.3 Å². The lowest BCUT2D eigenvalue weighted by molar-refractivity contribution is -0.138. The maximum absolute atomic E-state index is 13.1. The van der Waals surface area contributed by atoms with Crippen molar-refractivity contribution in [3.63, 3.8) is 0 Å².